The van der Waals surface area contributed by atoms with E-state index in [-0.39, 0.29) is 11.8 Å². The zero-order valence-corrected chi connectivity index (χ0v) is 17.7. The van der Waals surface area contributed by atoms with Gasteiger partial charge in [0.2, 0.25) is 0 Å². The van der Waals surface area contributed by atoms with Crippen LogP contribution in [0.4, 0.5) is 11.4 Å². The van der Waals surface area contributed by atoms with Crippen LogP contribution in [0.3, 0.4) is 0 Å². The second kappa shape index (κ2) is 8.88. The third kappa shape index (κ3) is 4.08. The molecule has 3 aromatic rings. The van der Waals surface area contributed by atoms with E-state index in [1.54, 1.807) is 11.0 Å². The summed E-state index contributed by atoms with van der Waals surface area (Å²) in [6.07, 6.45) is 0. The zero-order valence-electron chi connectivity index (χ0n) is 17.7. The fourth-order valence-corrected chi connectivity index (χ4v) is 3.79. The Hall–Kier alpha value is -3.86. The SMILES string of the molecule is CCN(CC)C(=O)c1ccc2c(c1)C(=C(Nc1ccccc1)c1ccccc1)C(=O)N2. The minimum atomic E-state index is -0.190. The smallest absolute Gasteiger partial charge is 0.258 e. The number of nitrogens with zero attached hydrogens (tertiary/aromatic N) is 1. The highest BCUT2D eigenvalue weighted by molar-refractivity contribution is 6.37. The average Bonchev–Trinajstić information content (AvgIpc) is 3.14. The minimum Gasteiger partial charge on any atom is -0.354 e. The standard InChI is InChI=1S/C26H25N3O2/c1-3-29(4-2)26(31)19-15-16-22-21(17-19)23(25(30)28-22)24(18-11-7-5-8-12-18)27-20-13-9-6-10-14-20/h5-17,27H,3-4H2,1-2H3,(H,28,30). The molecule has 0 aromatic heterocycles. The van der Waals surface area contributed by atoms with E-state index in [9.17, 15) is 9.59 Å². The molecule has 156 valence electrons. The Balaban J connectivity index is 1.87. The van der Waals surface area contributed by atoms with E-state index >= 15 is 0 Å². The maximum absolute atomic E-state index is 13.1. The monoisotopic (exact) mass is 411 g/mol. The maximum Gasteiger partial charge on any atom is 0.258 e. The van der Waals surface area contributed by atoms with Gasteiger partial charge in [0.05, 0.1) is 11.3 Å². The van der Waals surface area contributed by atoms with Gasteiger partial charge in [-0.1, -0.05) is 48.5 Å². The van der Waals surface area contributed by atoms with Crippen LogP contribution >= 0.6 is 0 Å². The number of benzene rings is 3. The van der Waals surface area contributed by atoms with Crippen LogP contribution in [0.5, 0.6) is 0 Å². The number of amides is 2. The normalized spacial score (nSPS) is 13.9. The van der Waals surface area contributed by atoms with Gasteiger partial charge in [-0.2, -0.15) is 0 Å². The van der Waals surface area contributed by atoms with Gasteiger partial charge in [0.15, 0.2) is 0 Å². The van der Waals surface area contributed by atoms with Crippen LogP contribution in [0.2, 0.25) is 0 Å². The molecule has 31 heavy (non-hydrogen) atoms. The van der Waals surface area contributed by atoms with Gasteiger partial charge >= 0.3 is 0 Å². The molecule has 4 rings (SSSR count). The summed E-state index contributed by atoms with van der Waals surface area (Å²) < 4.78 is 0. The van der Waals surface area contributed by atoms with Gasteiger partial charge in [-0.25, -0.2) is 0 Å². The molecule has 0 saturated heterocycles. The second-order valence-electron chi connectivity index (χ2n) is 7.30. The highest BCUT2D eigenvalue weighted by Crippen LogP contribution is 2.38. The molecule has 5 nitrogen and oxygen atoms in total. The van der Waals surface area contributed by atoms with Crippen LogP contribution in [0.15, 0.2) is 78.9 Å². The number of hydrogen-bond acceptors (Lipinski definition) is 3. The third-order valence-electron chi connectivity index (χ3n) is 5.42. The van der Waals surface area contributed by atoms with Gasteiger partial charge < -0.3 is 15.5 Å². The molecule has 3 aromatic carbocycles. The molecule has 0 aliphatic carbocycles. The van der Waals surface area contributed by atoms with Crippen LogP contribution in [-0.2, 0) is 4.79 Å². The Morgan fingerprint density at radius 1 is 0.871 bits per heavy atom. The topological polar surface area (TPSA) is 61.4 Å². The summed E-state index contributed by atoms with van der Waals surface area (Å²) in [5.74, 6) is -0.228. The van der Waals surface area contributed by atoms with E-state index in [0.717, 1.165) is 16.8 Å². The summed E-state index contributed by atoms with van der Waals surface area (Å²) in [7, 11) is 0. The van der Waals surface area contributed by atoms with Gasteiger partial charge in [0.1, 0.15) is 0 Å². The summed E-state index contributed by atoms with van der Waals surface area (Å²) >= 11 is 0. The van der Waals surface area contributed by atoms with Crippen LogP contribution in [0.25, 0.3) is 11.3 Å². The Morgan fingerprint density at radius 3 is 2.16 bits per heavy atom. The lowest BCUT2D eigenvalue weighted by atomic mass is 9.98. The van der Waals surface area contributed by atoms with E-state index < -0.39 is 0 Å². The number of hydrogen-bond donors (Lipinski definition) is 2. The first-order valence-corrected chi connectivity index (χ1v) is 10.5. The summed E-state index contributed by atoms with van der Waals surface area (Å²) in [6.45, 7) is 5.19. The maximum atomic E-state index is 13.1. The Kier molecular flexibility index (Phi) is 5.85. The van der Waals surface area contributed by atoms with Crippen molar-refractivity contribution >= 4 is 34.5 Å². The van der Waals surface area contributed by atoms with Gasteiger partial charge in [0.25, 0.3) is 11.8 Å². The molecular weight excluding hydrogens is 386 g/mol. The van der Waals surface area contributed by atoms with Gasteiger partial charge in [-0.3, -0.25) is 9.59 Å². The summed E-state index contributed by atoms with van der Waals surface area (Å²) in [5.41, 5.74) is 5.01. The zero-order chi connectivity index (χ0) is 21.8. The fraction of sp³-hybridized carbons (Fsp3) is 0.154. The summed E-state index contributed by atoms with van der Waals surface area (Å²) in [5, 5.41) is 6.37. The van der Waals surface area contributed by atoms with Crippen molar-refractivity contribution in [3.8, 4) is 0 Å². The summed E-state index contributed by atoms with van der Waals surface area (Å²) in [6, 6.07) is 24.9. The van der Waals surface area contributed by atoms with Crippen molar-refractivity contribution in [2.75, 3.05) is 23.7 Å². The van der Waals surface area contributed by atoms with Crippen molar-refractivity contribution in [1.82, 2.24) is 4.90 Å². The molecule has 0 unspecified atom stereocenters. The minimum absolute atomic E-state index is 0.0382. The van der Waals surface area contributed by atoms with Crippen LogP contribution in [0.1, 0.15) is 35.3 Å². The van der Waals surface area contributed by atoms with Crippen LogP contribution < -0.4 is 10.6 Å². The highest BCUT2D eigenvalue weighted by Gasteiger charge is 2.29. The largest absolute Gasteiger partial charge is 0.354 e. The predicted molar refractivity (Wildman–Crippen MR) is 126 cm³/mol. The quantitative estimate of drug-likeness (QED) is 0.555. The molecule has 5 heteroatoms. The predicted octanol–water partition coefficient (Wildman–Crippen LogP) is 5.10. The lowest BCUT2D eigenvalue weighted by Gasteiger charge is -2.19. The molecule has 0 bridgehead atoms. The van der Waals surface area contributed by atoms with Crippen LogP contribution in [0, 0.1) is 0 Å². The van der Waals surface area contributed by atoms with Gasteiger partial charge in [-0.05, 0) is 49.7 Å². The Morgan fingerprint density at radius 2 is 1.52 bits per heavy atom. The fourth-order valence-electron chi connectivity index (χ4n) is 3.79. The van der Waals surface area contributed by atoms with Gasteiger partial charge in [0, 0.05) is 35.6 Å². The lowest BCUT2D eigenvalue weighted by Crippen LogP contribution is -2.30. The molecular formula is C26H25N3O2. The van der Waals surface area contributed by atoms with Crippen molar-refractivity contribution in [3.05, 3.63) is 95.6 Å². The van der Waals surface area contributed by atoms with Gasteiger partial charge in [-0.15, -0.1) is 0 Å². The number of fused-ring (bicyclic) bond motifs is 1. The Labute approximate surface area is 182 Å². The first-order chi connectivity index (χ1) is 15.1. The first kappa shape index (κ1) is 20.4. The van der Waals surface area contributed by atoms with E-state index in [0.29, 0.717) is 35.6 Å². The van der Waals surface area contributed by atoms with Crippen molar-refractivity contribution in [3.63, 3.8) is 0 Å². The Bertz CT molecular complexity index is 1130. The lowest BCUT2D eigenvalue weighted by molar-refractivity contribution is -0.110. The second-order valence-corrected chi connectivity index (χ2v) is 7.30. The number of carbonyl (C=O) groups excluding carboxylic acids is 2. The van der Waals surface area contributed by atoms with E-state index in [1.165, 1.54) is 0 Å². The van der Waals surface area contributed by atoms with Crippen molar-refractivity contribution in [1.29, 1.82) is 0 Å². The molecule has 1 heterocycles. The molecule has 0 saturated carbocycles. The third-order valence-corrected chi connectivity index (χ3v) is 5.42. The molecule has 0 spiro atoms. The number of carbonyl (C=O) groups is 2. The van der Waals surface area contributed by atoms with Crippen molar-refractivity contribution in [2.45, 2.75) is 13.8 Å². The molecule has 0 fully saturated rings. The highest BCUT2D eigenvalue weighted by atomic mass is 16.2. The molecule has 0 atom stereocenters. The van der Waals surface area contributed by atoms with Crippen molar-refractivity contribution < 1.29 is 9.59 Å². The molecule has 1 aliphatic heterocycles. The van der Waals surface area contributed by atoms with E-state index in [1.807, 2.05) is 86.6 Å². The molecule has 0 radical (unpaired) electrons. The number of nitrogens with one attached hydrogen (secondary N) is 2. The van der Waals surface area contributed by atoms with E-state index in [2.05, 4.69) is 10.6 Å². The van der Waals surface area contributed by atoms with Crippen molar-refractivity contribution in [2.24, 2.45) is 0 Å². The molecule has 2 amide bonds. The average molecular weight is 412 g/mol. The number of anilines is 2. The number of para-hydroxylation sites is 1. The molecule has 1 aliphatic rings. The first-order valence-electron chi connectivity index (χ1n) is 10.5. The van der Waals surface area contributed by atoms with E-state index in [4.69, 9.17) is 0 Å². The summed E-state index contributed by atoms with van der Waals surface area (Å²) in [4.78, 5) is 27.7. The number of rotatable bonds is 6. The van der Waals surface area contributed by atoms with Crippen LogP contribution in [-0.4, -0.2) is 29.8 Å². The molecule has 2 N–H and O–H groups in total.